The number of carbonyl (C=O) groups is 1. The lowest BCUT2D eigenvalue weighted by Crippen LogP contribution is -2.41. The number of nitrogens with one attached hydrogen (secondary N) is 3. The molecule has 0 aromatic heterocycles. The molecule has 188 valence electrons. The van der Waals surface area contributed by atoms with Crippen LogP contribution in [0.5, 0.6) is 0 Å². The number of hydrazine groups is 2. The van der Waals surface area contributed by atoms with Crippen molar-refractivity contribution >= 4 is 17.3 Å². The Balaban J connectivity index is 1.60. The van der Waals surface area contributed by atoms with Gasteiger partial charge in [-0.2, -0.15) is 0 Å². The summed E-state index contributed by atoms with van der Waals surface area (Å²) in [6, 6.07) is 10.3. The number of nitrogens with zero attached hydrogens (tertiary/aromatic N) is 1. The molecule has 7 heteroatoms. The summed E-state index contributed by atoms with van der Waals surface area (Å²) in [6.45, 7) is 5.10. The number of nitrogens with two attached hydrogens (primary N) is 1. The Morgan fingerprint density at radius 2 is 1.97 bits per heavy atom. The highest BCUT2D eigenvalue weighted by molar-refractivity contribution is 5.74. The number of anilines is 2. The van der Waals surface area contributed by atoms with Crippen LogP contribution in [0.25, 0.3) is 0 Å². The molecule has 0 spiro atoms. The van der Waals surface area contributed by atoms with Gasteiger partial charge >= 0.3 is 5.97 Å². The van der Waals surface area contributed by atoms with Gasteiger partial charge in [-0.25, -0.2) is 0 Å². The molecule has 1 saturated carbocycles. The van der Waals surface area contributed by atoms with Crippen molar-refractivity contribution in [3.8, 4) is 0 Å². The molecule has 1 fully saturated rings. The van der Waals surface area contributed by atoms with Gasteiger partial charge in [-0.05, 0) is 66.5 Å². The van der Waals surface area contributed by atoms with Gasteiger partial charge in [-0.3, -0.25) is 9.80 Å². The highest BCUT2D eigenvalue weighted by Crippen LogP contribution is 2.36. The van der Waals surface area contributed by atoms with Gasteiger partial charge in [-0.1, -0.05) is 43.5 Å². The number of nitrogen functional groups attached to an aromatic ring is 1. The van der Waals surface area contributed by atoms with E-state index >= 15 is 0 Å². The lowest BCUT2D eigenvalue weighted by atomic mass is 9.83. The van der Waals surface area contributed by atoms with E-state index in [9.17, 15) is 9.90 Å². The molecular formula is C28H39N5O2. The molecule has 1 aliphatic heterocycles. The minimum absolute atomic E-state index is 0.0152. The van der Waals surface area contributed by atoms with Crippen LogP contribution in [0, 0.1) is 19.8 Å². The van der Waals surface area contributed by atoms with Gasteiger partial charge < -0.3 is 21.6 Å². The van der Waals surface area contributed by atoms with Crippen molar-refractivity contribution in [2.24, 2.45) is 5.92 Å². The summed E-state index contributed by atoms with van der Waals surface area (Å²) >= 11 is 0. The van der Waals surface area contributed by atoms with Crippen LogP contribution in [-0.2, 0) is 11.2 Å². The molecule has 2 aliphatic rings. The molecule has 0 bridgehead atoms. The number of rotatable bonds is 9. The standard InChI is InChI=1S/C28H39N5O2/c1-18-9-10-21(25(15-27(34)35)24-11-12-26(30-3)28(29)19(24)2)13-22(18)14-23-16-31-32-33(23)17-20-7-5-4-6-8-20/h9-13,16,20,25,30-32H,4-8,14-15,17,29H2,1-3H3,(H,34,35). The molecule has 1 aliphatic carbocycles. The van der Waals surface area contributed by atoms with Crippen molar-refractivity contribution in [2.75, 3.05) is 24.6 Å². The zero-order valence-electron chi connectivity index (χ0n) is 21.2. The lowest BCUT2D eigenvalue weighted by Gasteiger charge is -2.29. The second-order valence-corrected chi connectivity index (χ2v) is 10.0. The molecule has 0 saturated heterocycles. The number of aryl methyl sites for hydroxylation is 1. The monoisotopic (exact) mass is 477 g/mol. The van der Waals surface area contributed by atoms with Gasteiger partial charge in [0.05, 0.1) is 23.5 Å². The molecular weight excluding hydrogens is 438 g/mol. The number of allylic oxidation sites excluding steroid dienone is 1. The van der Waals surface area contributed by atoms with Crippen molar-refractivity contribution in [2.45, 2.75) is 64.7 Å². The molecule has 2 aromatic carbocycles. The molecule has 35 heavy (non-hydrogen) atoms. The van der Waals surface area contributed by atoms with Crippen LogP contribution in [0.2, 0.25) is 0 Å². The first kappa shape index (κ1) is 24.9. The maximum atomic E-state index is 11.9. The van der Waals surface area contributed by atoms with Crippen molar-refractivity contribution in [1.82, 2.24) is 16.0 Å². The highest BCUT2D eigenvalue weighted by atomic mass is 16.4. The molecule has 0 amide bonds. The third-order valence-corrected chi connectivity index (χ3v) is 7.68. The van der Waals surface area contributed by atoms with E-state index in [1.54, 1.807) is 0 Å². The smallest absolute Gasteiger partial charge is 0.304 e. The summed E-state index contributed by atoms with van der Waals surface area (Å²) in [5.74, 6) is -0.369. The Morgan fingerprint density at radius 1 is 1.20 bits per heavy atom. The van der Waals surface area contributed by atoms with Crippen molar-refractivity contribution in [1.29, 1.82) is 0 Å². The van der Waals surface area contributed by atoms with Crippen molar-refractivity contribution in [3.05, 3.63) is 70.0 Å². The molecule has 1 heterocycles. The number of carboxylic acids is 1. The van der Waals surface area contributed by atoms with Crippen LogP contribution >= 0.6 is 0 Å². The van der Waals surface area contributed by atoms with E-state index < -0.39 is 5.97 Å². The van der Waals surface area contributed by atoms with Gasteiger partial charge in [-0.15, -0.1) is 5.53 Å². The van der Waals surface area contributed by atoms with E-state index in [1.807, 2.05) is 32.3 Å². The topological polar surface area (TPSA) is 103 Å². The first-order chi connectivity index (χ1) is 16.9. The van der Waals surface area contributed by atoms with Crippen LogP contribution in [0.15, 0.2) is 42.2 Å². The molecule has 6 N–H and O–H groups in total. The van der Waals surface area contributed by atoms with Crippen LogP contribution in [0.1, 0.15) is 72.3 Å². The first-order valence-corrected chi connectivity index (χ1v) is 12.7. The average molecular weight is 478 g/mol. The van der Waals surface area contributed by atoms with Crippen LogP contribution < -0.4 is 22.0 Å². The minimum atomic E-state index is -0.821. The third kappa shape index (κ3) is 5.73. The summed E-state index contributed by atoms with van der Waals surface area (Å²) < 4.78 is 0. The Labute approximate surface area is 208 Å². The predicted octanol–water partition coefficient (Wildman–Crippen LogP) is 4.82. The minimum Gasteiger partial charge on any atom is -0.481 e. The Bertz CT molecular complexity index is 1090. The zero-order valence-corrected chi connectivity index (χ0v) is 21.2. The Hall–Kier alpha value is -3.19. The largest absolute Gasteiger partial charge is 0.481 e. The lowest BCUT2D eigenvalue weighted by molar-refractivity contribution is -0.137. The van der Waals surface area contributed by atoms with Crippen molar-refractivity contribution < 1.29 is 9.90 Å². The third-order valence-electron chi connectivity index (χ3n) is 7.68. The van der Waals surface area contributed by atoms with E-state index in [1.165, 1.54) is 48.9 Å². The number of hydrogen-bond donors (Lipinski definition) is 5. The maximum absolute atomic E-state index is 11.9. The van der Waals surface area contributed by atoms with E-state index in [2.05, 4.69) is 46.4 Å². The van der Waals surface area contributed by atoms with Gasteiger partial charge in [0.25, 0.3) is 0 Å². The molecule has 1 atom stereocenters. The number of aliphatic carboxylic acids is 1. The maximum Gasteiger partial charge on any atom is 0.304 e. The van der Waals surface area contributed by atoms with Gasteiger partial charge in [0.1, 0.15) is 0 Å². The predicted molar refractivity (Wildman–Crippen MR) is 142 cm³/mol. The number of carboxylic acid groups (broad SMARTS) is 1. The SMILES string of the molecule is CNc1ccc(C(CC(=O)O)c2ccc(C)c(CC3=CNNN3CC3CCCCC3)c2)c(C)c1N. The second kappa shape index (κ2) is 11.0. The molecule has 7 nitrogen and oxygen atoms in total. The number of hydrogen-bond acceptors (Lipinski definition) is 6. The molecule has 1 unspecified atom stereocenters. The fraction of sp³-hybridized carbons (Fsp3) is 0.464. The summed E-state index contributed by atoms with van der Waals surface area (Å²) in [6.07, 6.45) is 9.46. The number of benzene rings is 2. The van der Waals surface area contributed by atoms with E-state index in [0.717, 1.165) is 41.3 Å². The van der Waals surface area contributed by atoms with Crippen LogP contribution in [-0.4, -0.2) is 29.7 Å². The molecule has 4 rings (SSSR count). The fourth-order valence-electron chi connectivity index (χ4n) is 5.50. The second-order valence-electron chi connectivity index (χ2n) is 10.0. The van der Waals surface area contributed by atoms with E-state index in [-0.39, 0.29) is 12.3 Å². The fourth-order valence-corrected chi connectivity index (χ4v) is 5.50. The van der Waals surface area contributed by atoms with Gasteiger partial charge in [0.15, 0.2) is 0 Å². The summed E-state index contributed by atoms with van der Waals surface area (Å²) in [5.41, 5.74) is 20.9. The Morgan fingerprint density at radius 3 is 2.69 bits per heavy atom. The van der Waals surface area contributed by atoms with E-state index in [4.69, 9.17) is 5.73 Å². The van der Waals surface area contributed by atoms with Crippen molar-refractivity contribution in [3.63, 3.8) is 0 Å². The van der Waals surface area contributed by atoms with Gasteiger partial charge in [0, 0.05) is 32.1 Å². The van der Waals surface area contributed by atoms with Gasteiger partial charge in [0.2, 0.25) is 0 Å². The molecule has 0 radical (unpaired) electrons. The van der Waals surface area contributed by atoms with Crippen LogP contribution in [0.3, 0.4) is 0 Å². The normalized spacial score (nSPS) is 17.1. The van der Waals surface area contributed by atoms with E-state index in [0.29, 0.717) is 5.69 Å². The zero-order chi connectivity index (χ0) is 24.9. The highest BCUT2D eigenvalue weighted by Gasteiger charge is 2.24. The Kier molecular flexibility index (Phi) is 7.86. The quantitative estimate of drug-likeness (QED) is 0.330. The van der Waals surface area contributed by atoms with Crippen LogP contribution in [0.4, 0.5) is 11.4 Å². The summed E-state index contributed by atoms with van der Waals surface area (Å²) in [5, 5.41) is 15.1. The first-order valence-electron chi connectivity index (χ1n) is 12.7. The summed E-state index contributed by atoms with van der Waals surface area (Å²) in [7, 11) is 1.84. The average Bonchev–Trinajstić information content (AvgIpc) is 3.28. The summed E-state index contributed by atoms with van der Waals surface area (Å²) in [4.78, 5) is 11.9. The molecule has 2 aromatic rings.